The smallest absolute Gasteiger partial charge is 0.169 e. The molecule has 0 fully saturated rings. The van der Waals surface area contributed by atoms with Gasteiger partial charge in [0.15, 0.2) is 11.5 Å². The van der Waals surface area contributed by atoms with Crippen molar-refractivity contribution in [1.29, 1.82) is 0 Å². The third kappa shape index (κ3) is 2.44. The van der Waals surface area contributed by atoms with E-state index in [1.165, 1.54) is 0 Å². The monoisotopic (exact) mass is 235 g/mol. The van der Waals surface area contributed by atoms with E-state index in [0.29, 0.717) is 22.4 Å². The lowest BCUT2D eigenvalue weighted by molar-refractivity contribution is 0.378. The van der Waals surface area contributed by atoms with E-state index < -0.39 is 0 Å². The first-order valence-corrected chi connectivity index (χ1v) is 5.10. The molecule has 0 atom stereocenters. The number of para-hydroxylation sites is 2. The third-order valence-corrected chi connectivity index (χ3v) is 2.22. The summed E-state index contributed by atoms with van der Waals surface area (Å²) in [4.78, 5) is 3.93. The van der Waals surface area contributed by atoms with Gasteiger partial charge in [0.2, 0.25) is 0 Å². The Morgan fingerprint density at radius 2 is 1.81 bits per heavy atom. The van der Waals surface area contributed by atoms with Gasteiger partial charge in [-0.3, -0.25) is 0 Å². The molecule has 82 valence electrons. The molecular weight excluding hydrogens is 226 g/mol. The predicted octanol–water partition coefficient (Wildman–Crippen LogP) is 3.54. The number of benzene rings is 1. The molecule has 0 amide bonds. The number of rotatable bonds is 3. The number of hydrogen-bond donors (Lipinski definition) is 0. The van der Waals surface area contributed by atoms with Crippen LogP contribution in [0.4, 0.5) is 0 Å². The minimum atomic E-state index is 0.437. The molecule has 0 unspecified atom stereocenters. The zero-order chi connectivity index (χ0) is 11.4. The maximum atomic E-state index is 5.68. The zero-order valence-corrected chi connectivity index (χ0v) is 9.44. The van der Waals surface area contributed by atoms with Gasteiger partial charge in [-0.05, 0) is 24.3 Å². The molecule has 0 aliphatic heterocycles. The maximum Gasteiger partial charge on any atom is 0.169 e. The molecule has 1 aromatic carbocycles. The predicted molar refractivity (Wildman–Crippen MR) is 62.3 cm³/mol. The summed E-state index contributed by atoms with van der Waals surface area (Å²) in [5.74, 6) is 1.94. The van der Waals surface area contributed by atoms with Crippen LogP contribution in [0.15, 0.2) is 42.6 Å². The first-order valence-electron chi connectivity index (χ1n) is 4.72. The van der Waals surface area contributed by atoms with Crippen LogP contribution < -0.4 is 9.47 Å². The van der Waals surface area contributed by atoms with Gasteiger partial charge in [-0.2, -0.15) is 0 Å². The fraction of sp³-hybridized carbons (Fsp3) is 0.0833. The third-order valence-electron chi connectivity index (χ3n) is 2.00. The average Bonchev–Trinajstić information content (AvgIpc) is 2.33. The van der Waals surface area contributed by atoms with Gasteiger partial charge in [-0.1, -0.05) is 23.7 Å². The SMILES string of the molecule is COc1ccccc1Oc1ccc(Cl)nc1. The van der Waals surface area contributed by atoms with Gasteiger partial charge in [-0.15, -0.1) is 0 Å². The molecule has 0 aliphatic carbocycles. The Labute approximate surface area is 98.6 Å². The molecule has 0 saturated carbocycles. The van der Waals surface area contributed by atoms with Gasteiger partial charge < -0.3 is 9.47 Å². The summed E-state index contributed by atoms with van der Waals surface area (Å²) >= 11 is 5.68. The molecule has 2 aromatic rings. The Kier molecular flexibility index (Phi) is 3.27. The van der Waals surface area contributed by atoms with E-state index in [-0.39, 0.29) is 0 Å². The molecule has 0 N–H and O–H groups in total. The second kappa shape index (κ2) is 4.86. The van der Waals surface area contributed by atoms with Crippen LogP contribution in [-0.4, -0.2) is 12.1 Å². The van der Waals surface area contributed by atoms with Crippen molar-refractivity contribution >= 4 is 11.6 Å². The van der Waals surface area contributed by atoms with E-state index in [4.69, 9.17) is 21.1 Å². The maximum absolute atomic E-state index is 5.68. The van der Waals surface area contributed by atoms with Gasteiger partial charge >= 0.3 is 0 Å². The van der Waals surface area contributed by atoms with Crippen molar-refractivity contribution in [3.8, 4) is 17.2 Å². The highest BCUT2D eigenvalue weighted by Crippen LogP contribution is 2.30. The minimum Gasteiger partial charge on any atom is -0.493 e. The van der Waals surface area contributed by atoms with E-state index in [1.54, 1.807) is 25.4 Å². The first kappa shape index (κ1) is 10.8. The van der Waals surface area contributed by atoms with Gasteiger partial charge in [-0.25, -0.2) is 4.98 Å². The number of aromatic nitrogens is 1. The second-order valence-corrected chi connectivity index (χ2v) is 3.46. The highest BCUT2D eigenvalue weighted by atomic mass is 35.5. The Morgan fingerprint density at radius 1 is 1.06 bits per heavy atom. The van der Waals surface area contributed by atoms with Crippen LogP contribution in [0.5, 0.6) is 17.2 Å². The van der Waals surface area contributed by atoms with E-state index in [0.717, 1.165) is 0 Å². The summed E-state index contributed by atoms with van der Waals surface area (Å²) in [6.07, 6.45) is 1.56. The summed E-state index contributed by atoms with van der Waals surface area (Å²) in [5, 5.41) is 0.437. The quantitative estimate of drug-likeness (QED) is 0.763. The second-order valence-electron chi connectivity index (χ2n) is 3.07. The standard InChI is InChI=1S/C12H10ClNO2/c1-15-10-4-2-3-5-11(10)16-9-6-7-12(13)14-8-9/h2-8H,1H3. The van der Waals surface area contributed by atoms with Crippen LogP contribution in [0.3, 0.4) is 0 Å². The fourth-order valence-corrected chi connectivity index (χ4v) is 1.36. The van der Waals surface area contributed by atoms with Crippen molar-refractivity contribution in [2.24, 2.45) is 0 Å². The molecule has 2 rings (SSSR count). The van der Waals surface area contributed by atoms with Crippen molar-refractivity contribution in [2.75, 3.05) is 7.11 Å². The van der Waals surface area contributed by atoms with Crippen molar-refractivity contribution in [1.82, 2.24) is 4.98 Å². The number of methoxy groups -OCH3 is 1. The summed E-state index contributed by atoms with van der Waals surface area (Å²) in [5.41, 5.74) is 0. The minimum absolute atomic E-state index is 0.437. The largest absolute Gasteiger partial charge is 0.493 e. The Hall–Kier alpha value is -1.74. The van der Waals surface area contributed by atoms with Crippen molar-refractivity contribution < 1.29 is 9.47 Å². The summed E-state index contributed by atoms with van der Waals surface area (Å²) in [7, 11) is 1.60. The van der Waals surface area contributed by atoms with Crippen LogP contribution in [0.1, 0.15) is 0 Å². The summed E-state index contributed by atoms with van der Waals surface area (Å²) in [6.45, 7) is 0. The van der Waals surface area contributed by atoms with Gasteiger partial charge in [0.25, 0.3) is 0 Å². The van der Waals surface area contributed by atoms with Gasteiger partial charge in [0.05, 0.1) is 13.3 Å². The molecular formula is C12H10ClNO2. The number of hydrogen-bond acceptors (Lipinski definition) is 3. The fourth-order valence-electron chi connectivity index (χ4n) is 1.25. The van der Waals surface area contributed by atoms with Crippen LogP contribution >= 0.6 is 11.6 Å². The summed E-state index contributed by atoms with van der Waals surface area (Å²) in [6, 6.07) is 10.8. The Morgan fingerprint density at radius 3 is 2.44 bits per heavy atom. The van der Waals surface area contributed by atoms with Crippen molar-refractivity contribution in [3.63, 3.8) is 0 Å². The first-order chi connectivity index (χ1) is 7.79. The molecule has 1 heterocycles. The molecule has 0 radical (unpaired) electrons. The molecule has 0 spiro atoms. The van der Waals surface area contributed by atoms with Gasteiger partial charge in [0.1, 0.15) is 10.9 Å². The molecule has 0 saturated heterocycles. The lowest BCUT2D eigenvalue weighted by atomic mass is 10.3. The topological polar surface area (TPSA) is 31.4 Å². The van der Waals surface area contributed by atoms with E-state index >= 15 is 0 Å². The van der Waals surface area contributed by atoms with Crippen LogP contribution in [0.25, 0.3) is 0 Å². The molecule has 3 nitrogen and oxygen atoms in total. The van der Waals surface area contributed by atoms with Crippen molar-refractivity contribution in [3.05, 3.63) is 47.7 Å². The number of pyridine rings is 1. The van der Waals surface area contributed by atoms with E-state index in [9.17, 15) is 0 Å². The van der Waals surface area contributed by atoms with Crippen LogP contribution in [0, 0.1) is 0 Å². The van der Waals surface area contributed by atoms with Crippen LogP contribution in [0.2, 0.25) is 5.15 Å². The summed E-state index contributed by atoms with van der Waals surface area (Å²) < 4.78 is 10.8. The normalized spacial score (nSPS) is 9.88. The van der Waals surface area contributed by atoms with Crippen molar-refractivity contribution in [2.45, 2.75) is 0 Å². The lowest BCUT2D eigenvalue weighted by Crippen LogP contribution is -1.90. The zero-order valence-electron chi connectivity index (χ0n) is 8.68. The van der Waals surface area contributed by atoms with Gasteiger partial charge in [0, 0.05) is 0 Å². The molecule has 4 heteroatoms. The molecule has 1 aromatic heterocycles. The van der Waals surface area contributed by atoms with E-state index in [2.05, 4.69) is 4.98 Å². The average molecular weight is 236 g/mol. The van der Waals surface area contributed by atoms with E-state index in [1.807, 2.05) is 24.3 Å². The number of nitrogens with zero attached hydrogens (tertiary/aromatic N) is 1. The lowest BCUT2D eigenvalue weighted by Gasteiger charge is -2.09. The molecule has 0 aliphatic rings. The Bertz CT molecular complexity index is 471. The number of ether oxygens (including phenoxy) is 2. The Balaban J connectivity index is 2.23. The highest BCUT2D eigenvalue weighted by molar-refractivity contribution is 6.29. The van der Waals surface area contributed by atoms with Crippen LogP contribution in [-0.2, 0) is 0 Å². The molecule has 16 heavy (non-hydrogen) atoms. The number of halogens is 1. The molecule has 0 bridgehead atoms. The highest BCUT2D eigenvalue weighted by Gasteiger charge is 2.04.